The molecule has 9 heteroatoms. The van der Waals surface area contributed by atoms with Crippen molar-refractivity contribution in [3.63, 3.8) is 0 Å². The summed E-state index contributed by atoms with van der Waals surface area (Å²) in [6, 6.07) is 2.91. The summed E-state index contributed by atoms with van der Waals surface area (Å²) in [4.78, 5) is 0. The van der Waals surface area contributed by atoms with Crippen LogP contribution in [0.3, 0.4) is 0 Å². The van der Waals surface area contributed by atoms with Crippen molar-refractivity contribution in [1.29, 1.82) is 0 Å². The predicted molar refractivity (Wildman–Crippen MR) is 155 cm³/mol. The molecule has 42 heavy (non-hydrogen) atoms. The van der Waals surface area contributed by atoms with Crippen molar-refractivity contribution >= 4 is 0 Å². The Hall–Kier alpha value is -2.13. The van der Waals surface area contributed by atoms with Crippen LogP contribution in [0.1, 0.15) is 85.0 Å². The zero-order chi connectivity index (χ0) is 31.1. The molecule has 0 atom stereocenters. The third kappa shape index (κ3) is 11.2. The molecule has 3 fully saturated rings. The van der Waals surface area contributed by atoms with Gasteiger partial charge in [0, 0.05) is 24.8 Å². The summed E-state index contributed by atoms with van der Waals surface area (Å²) in [6.07, 6.45) is 4.31. The van der Waals surface area contributed by atoms with E-state index in [9.17, 15) is 22.0 Å². The van der Waals surface area contributed by atoms with E-state index >= 15 is 0 Å². The second-order valence-electron chi connectivity index (χ2n) is 11.2. The molecule has 3 aliphatic rings. The lowest BCUT2D eigenvalue weighted by Crippen LogP contribution is -2.37. The number of hydrogen-bond donors (Lipinski definition) is 0. The lowest BCUT2D eigenvalue weighted by atomic mass is 9.76. The maximum Gasteiger partial charge on any atom is 0.400 e. The molecule has 4 rings (SSSR count). The first kappa shape index (κ1) is 36.1. The summed E-state index contributed by atoms with van der Waals surface area (Å²) in [6.45, 7) is 12.4. The van der Waals surface area contributed by atoms with Crippen LogP contribution in [0.15, 0.2) is 43.3 Å². The molecule has 0 radical (unpaired) electrons. The van der Waals surface area contributed by atoms with Gasteiger partial charge in [0.25, 0.3) is 0 Å². The van der Waals surface area contributed by atoms with Crippen molar-refractivity contribution in [2.45, 2.75) is 97.4 Å². The molecule has 4 nitrogen and oxygen atoms in total. The van der Waals surface area contributed by atoms with Gasteiger partial charge in [-0.2, -0.15) is 8.78 Å². The molecule has 0 aromatic heterocycles. The summed E-state index contributed by atoms with van der Waals surface area (Å²) < 4.78 is 91.0. The Balaban J connectivity index is 0.00000148. The minimum atomic E-state index is -3.50. The summed E-state index contributed by atoms with van der Waals surface area (Å²) in [5.74, 6) is -1.20. The highest BCUT2D eigenvalue weighted by Crippen LogP contribution is 2.42. The van der Waals surface area contributed by atoms with E-state index in [1.54, 1.807) is 0 Å². The molecule has 0 N–H and O–H groups in total. The van der Waals surface area contributed by atoms with E-state index in [1.165, 1.54) is 31.8 Å². The lowest BCUT2D eigenvalue weighted by Gasteiger charge is -2.37. The molecule has 0 bridgehead atoms. The van der Waals surface area contributed by atoms with Gasteiger partial charge in [-0.15, -0.1) is 13.2 Å². The molecule has 1 heterocycles. The van der Waals surface area contributed by atoms with Gasteiger partial charge in [0.2, 0.25) is 6.86 Å². The number of halogens is 5. The number of benzene rings is 1. The Kier molecular flexibility index (Phi) is 15.9. The quantitative estimate of drug-likeness (QED) is 0.197. The molecule has 0 unspecified atom stereocenters. The summed E-state index contributed by atoms with van der Waals surface area (Å²) in [7, 11) is 0. The zero-order valence-electron chi connectivity index (χ0n) is 25.4. The molecule has 0 amide bonds. The van der Waals surface area contributed by atoms with Crippen LogP contribution in [-0.2, 0) is 9.47 Å². The van der Waals surface area contributed by atoms with E-state index in [1.807, 2.05) is 13.8 Å². The van der Waals surface area contributed by atoms with Crippen LogP contribution >= 0.6 is 0 Å². The van der Waals surface area contributed by atoms with Gasteiger partial charge in [0.1, 0.15) is 5.75 Å². The number of allylic oxidation sites excluding steroid dienone is 1. The summed E-state index contributed by atoms with van der Waals surface area (Å²) >= 11 is 0. The maximum atomic E-state index is 14.7. The number of ether oxygens (including phenoxy) is 4. The van der Waals surface area contributed by atoms with Crippen LogP contribution in [0.5, 0.6) is 11.5 Å². The van der Waals surface area contributed by atoms with E-state index in [0.717, 1.165) is 24.1 Å². The van der Waals surface area contributed by atoms with Crippen LogP contribution in [0, 0.1) is 35.4 Å². The van der Waals surface area contributed by atoms with Gasteiger partial charge < -0.3 is 18.9 Å². The smallest absolute Gasteiger partial charge is 0.400 e. The predicted octanol–water partition coefficient (Wildman–Crippen LogP) is 10.2. The van der Waals surface area contributed by atoms with Crippen molar-refractivity contribution < 1.29 is 40.9 Å². The standard InChI is InChI=1S/C29H39F5O4.C2H6.C2H4/c1-19-2-6-21(7-3-19)22-16-35-28(36-17-22)13-10-24(31)14-20-4-8-23(9-5-20)29(33,34)38-25-11-12-27(37-18-30)26(32)15-25;2*1-2/h10-12,15,19-23,28H,2-9,13-14,16-18H2,1H3;1-2H3;1-2H2/b24-10+;;. The van der Waals surface area contributed by atoms with Gasteiger partial charge in [-0.25, -0.2) is 13.2 Å². The first-order valence-corrected chi connectivity index (χ1v) is 15.4. The van der Waals surface area contributed by atoms with Crippen LogP contribution in [0.25, 0.3) is 0 Å². The van der Waals surface area contributed by atoms with Gasteiger partial charge in [-0.1, -0.05) is 33.6 Å². The van der Waals surface area contributed by atoms with Crippen LogP contribution in [0.2, 0.25) is 0 Å². The second kappa shape index (κ2) is 18.5. The normalized spacial score (nSPS) is 28.4. The summed E-state index contributed by atoms with van der Waals surface area (Å²) in [5.41, 5.74) is 0. The third-order valence-corrected chi connectivity index (χ3v) is 8.42. The first-order valence-electron chi connectivity index (χ1n) is 15.4. The third-order valence-electron chi connectivity index (χ3n) is 8.42. The highest BCUT2D eigenvalue weighted by molar-refractivity contribution is 5.33. The second-order valence-corrected chi connectivity index (χ2v) is 11.2. The van der Waals surface area contributed by atoms with Crippen molar-refractivity contribution in [3.05, 3.63) is 49.1 Å². The topological polar surface area (TPSA) is 36.9 Å². The van der Waals surface area contributed by atoms with Gasteiger partial charge in [-0.05, 0) is 74.5 Å². The fourth-order valence-corrected chi connectivity index (χ4v) is 5.97. The molecule has 1 aromatic carbocycles. The van der Waals surface area contributed by atoms with Crippen LogP contribution in [-0.4, -0.2) is 32.5 Å². The maximum absolute atomic E-state index is 14.7. The van der Waals surface area contributed by atoms with Crippen molar-refractivity contribution in [1.82, 2.24) is 0 Å². The Morgan fingerprint density at radius 1 is 0.976 bits per heavy atom. The largest absolute Gasteiger partial charge is 0.460 e. The van der Waals surface area contributed by atoms with E-state index in [0.29, 0.717) is 44.3 Å². The highest BCUT2D eigenvalue weighted by atomic mass is 19.3. The minimum absolute atomic E-state index is 0.0286. The Morgan fingerprint density at radius 2 is 1.60 bits per heavy atom. The minimum Gasteiger partial charge on any atom is -0.460 e. The molecular formula is C33H49F5O4. The first-order chi connectivity index (χ1) is 20.2. The van der Waals surface area contributed by atoms with Gasteiger partial charge in [-0.3, -0.25) is 0 Å². The van der Waals surface area contributed by atoms with E-state index in [-0.39, 0.29) is 42.5 Å². The zero-order valence-corrected chi connectivity index (χ0v) is 25.4. The molecule has 1 aromatic rings. The molecule has 0 spiro atoms. The van der Waals surface area contributed by atoms with Crippen molar-refractivity contribution in [2.75, 3.05) is 20.1 Å². The molecular weight excluding hydrogens is 555 g/mol. The Labute approximate surface area is 248 Å². The highest BCUT2D eigenvalue weighted by Gasteiger charge is 2.44. The van der Waals surface area contributed by atoms with E-state index < -0.39 is 31.0 Å². The van der Waals surface area contributed by atoms with Crippen LogP contribution < -0.4 is 9.47 Å². The average molecular weight is 605 g/mol. The monoisotopic (exact) mass is 604 g/mol. The molecule has 1 saturated heterocycles. The van der Waals surface area contributed by atoms with E-state index in [2.05, 4.69) is 24.8 Å². The van der Waals surface area contributed by atoms with Gasteiger partial charge in [0.05, 0.1) is 25.0 Å². The number of alkyl halides is 3. The number of rotatable bonds is 10. The fourth-order valence-electron chi connectivity index (χ4n) is 5.97. The average Bonchev–Trinajstić information content (AvgIpc) is 3.00. The SMILES string of the molecule is C=C.CC.CC1CCC(C2COC(C/C=C(/F)CC3CCC(C(F)(F)Oc4ccc(OCF)c(F)c4)CC3)OC2)CC1. The fraction of sp³-hybridized carbons (Fsp3) is 0.697. The van der Waals surface area contributed by atoms with Crippen LogP contribution in [0.4, 0.5) is 22.0 Å². The molecule has 2 saturated carbocycles. The Morgan fingerprint density at radius 3 is 2.17 bits per heavy atom. The number of hydrogen-bond acceptors (Lipinski definition) is 4. The Bertz CT molecular complexity index is 919. The summed E-state index contributed by atoms with van der Waals surface area (Å²) in [5, 5.41) is 0. The molecule has 1 aliphatic heterocycles. The van der Waals surface area contributed by atoms with Gasteiger partial charge in [0.15, 0.2) is 17.9 Å². The molecule has 240 valence electrons. The molecule has 2 aliphatic carbocycles. The lowest BCUT2D eigenvalue weighted by molar-refractivity contribution is -0.223. The van der Waals surface area contributed by atoms with E-state index in [4.69, 9.17) is 14.2 Å². The van der Waals surface area contributed by atoms with Crippen molar-refractivity contribution in [3.8, 4) is 11.5 Å². The van der Waals surface area contributed by atoms with Gasteiger partial charge >= 0.3 is 6.11 Å². The van der Waals surface area contributed by atoms with Crippen molar-refractivity contribution in [2.24, 2.45) is 29.6 Å².